The highest BCUT2D eigenvalue weighted by molar-refractivity contribution is 9.10. The van der Waals surface area contributed by atoms with Crippen LogP contribution in [0.15, 0.2) is 16.6 Å². The van der Waals surface area contributed by atoms with Crippen molar-refractivity contribution in [1.29, 1.82) is 0 Å². The van der Waals surface area contributed by atoms with Gasteiger partial charge in [-0.05, 0) is 46.6 Å². The number of rotatable bonds is 9. The third kappa shape index (κ3) is 4.67. The summed E-state index contributed by atoms with van der Waals surface area (Å²) in [4.78, 5) is 0. The van der Waals surface area contributed by atoms with E-state index in [9.17, 15) is 0 Å². The van der Waals surface area contributed by atoms with Crippen LogP contribution in [0.5, 0.6) is 11.5 Å². The summed E-state index contributed by atoms with van der Waals surface area (Å²) in [6.45, 7) is 4.54. The molecule has 112 valence electrons. The number of nitrogens with one attached hydrogen (secondary N) is 1. The Kier molecular flexibility index (Phi) is 6.67. The van der Waals surface area contributed by atoms with Crippen LogP contribution in [-0.2, 0) is 6.54 Å². The molecule has 1 aromatic carbocycles. The number of benzene rings is 1. The van der Waals surface area contributed by atoms with Gasteiger partial charge < -0.3 is 14.8 Å². The first-order valence-corrected chi connectivity index (χ1v) is 8.39. The minimum Gasteiger partial charge on any atom is -0.454 e. The molecule has 2 rings (SSSR count). The fraction of sp³-hybridized carbons (Fsp3) is 0.625. The number of hydrogen-bond donors (Lipinski definition) is 1. The summed E-state index contributed by atoms with van der Waals surface area (Å²) in [7, 11) is 0. The van der Waals surface area contributed by atoms with Gasteiger partial charge in [-0.25, -0.2) is 0 Å². The lowest BCUT2D eigenvalue weighted by atomic mass is 10.1. The number of ether oxygens (including phenoxy) is 2. The Bertz CT molecular complexity index is 423. The van der Waals surface area contributed by atoms with E-state index in [1.54, 1.807) is 0 Å². The van der Waals surface area contributed by atoms with E-state index in [1.165, 1.54) is 44.1 Å². The monoisotopic (exact) mass is 341 g/mol. The predicted octanol–water partition coefficient (Wildman–Crippen LogP) is 4.63. The molecule has 4 heteroatoms. The molecule has 0 atom stereocenters. The molecule has 0 saturated carbocycles. The molecule has 0 amide bonds. The molecule has 1 N–H and O–H groups in total. The fourth-order valence-electron chi connectivity index (χ4n) is 2.39. The van der Waals surface area contributed by atoms with Gasteiger partial charge in [-0.3, -0.25) is 0 Å². The second-order valence-electron chi connectivity index (χ2n) is 5.26. The number of unbranched alkanes of at least 4 members (excludes halogenated alkanes) is 5. The van der Waals surface area contributed by atoms with Gasteiger partial charge in [0.25, 0.3) is 0 Å². The molecule has 0 aliphatic carbocycles. The second kappa shape index (κ2) is 8.53. The number of halogens is 1. The molecule has 0 fully saturated rings. The van der Waals surface area contributed by atoms with Gasteiger partial charge in [0.2, 0.25) is 6.79 Å². The van der Waals surface area contributed by atoms with E-state index in [0.717, 1.165) is 29.1 Å². The maximum absolute atomic E-state index is 5.42. The third-order valence-electron chi connectivity index (χ3n) is 3.52. The van der Waals surface area contributed by atoms with Crippen molar-refractivity contribution in [3.8, 4) is 11.5 Å². The van der Waals surface area contributed by atoms with Crippen LogP contribution >= 0.6 is 15.9 Å². The molecule has 0 saturated heterocycles. The van der Waals surface area contributed by atoms with Crippen molar-refractivity contribution in [2.24, 2.45) is 0 Å². The van der Waals surface area contributed by atoms with Crippen LogP contribution < -0.4 is 14.8 Å². The summed E-state index contributed by atoms with van der Waals surface area (Å²) in [6, 6.07) is 4.16. The predicted molar refractivity (Wildman–Crippen MR) is 85.3 cm³/mol. The fourth-order valence-corrected chi connectivity index (χ4v) is 2.99. The van der Waals surface area contributed by atoms with Crippen LogP contribution in [0.3, 0.4) is 0 Å². The summed E-state index contributed by atoms with van der Waals surface area (Å²) >= 11 is 3.52. The van der Waals surface area contributed by atoms with E-state index in [0.29, 0.717) is 6.79 Å². The first-order valence-electron chi connectivity index (χ1n) is 7.60. The zero-order valence-electron chi connectivity index (χ0n) is 12.2. The molecule has 1 aromatic rings. The average molecular weight is 342 g/mol. The largest absolute Gasteiger partial charge is 0.454 e. The van der Waals surface area contributed by atoms with Crippen LogP contribution in [0.2, 0.25) is 0 Å². The van der Waals surface area contributed by atoms with Gasteiger partial charge >= 0.3 is 0 Å². The molecule has 0 bridgehead atoms. The SMILES string of the molecule is CCCCCCCCNCc1cc(Br)c2c(c1)OCO2. The van der Waals surface area contributed by atoms with Crippen molar-refractivity contribution in [2.45, 2.75) is 52.0 Å². The lowest BCUT2D eigenvalue weighted by Crippen LogP contribution is -2.14. The molecule has 3 nitrogen and oxygen atoms in total. The highest BCUT2D eigenvalue weighted by atomic mass is 79.9. The quantitative estimate of drug-likeness (QED) is 0.664. The Morgan fingerprint density at radius 1 is 1.10 bits per heavy atom. The standard InChI is InChI=1S/C16H24BrNO2/c1-2-3-4-5-6-7-8-18-11-13-9-14(17)16-15(10-13)19-12-20-16/h9-10,18H,2-8,11-12H2,1H3. The van der Waals surface area contributed by atoms with Gasteiger partial charge in [-0.15, -0.1) is 0 Å². The summed E-state index contributed by atoms with van der Waals surface area (Å²) in [5, 5.41) is 3.49. The molecule has 1 heterocycles. The van der Waals surface area contributed by atoms with Crippen molar-refractivity contribution in [2.75, 3.05) is 13.3 Å². The molecule has 20 heavy (non-hydrogen) atoms. The van der Waals surface area contributed by atoms with Crippen molar-refractivity contribution < 1.29 is 9.47 Å². The Balaban J connectivity index is 1.64. The zero-order chi connectivity index (χ0) is 14.2. The van der Waals surface area contributed by atoms with Crippen LogP contribution in [-0.4, -0.2) is 13.3 Å². The van der Waals surface area contributed by atoms with E-state index in [2.05, 4.69) is 40.3 Å². The number of fused-ring (bicyclic) bond motifs is 1. The molecule has 0 aromatic heterocycles. The molecule has 0 spiro atoms. The first-order chi connectivity index (χ1) is 9.81. The zero-order valence-corrected chi connectivity index (χ0v) is 13.8. The molecular formula is C16H24BrNO2. The summed E-state index contributed by atoms with van der Waals surface area (Å²) < 4.78 is 11.8. The normalized spacial score (nSPS) is 12.9. The van der Waals surface area contributed by atoms with Crippen LogP contribution in [0, 0.1) is 0 Å². The molecule has 1 aliphatic rings. The Labute approximate surface area is 130 Å². The average Bonchev–Trinajstić information content (AvgIpc) is 2.91. The van der Waals surface area contributed by atoms with E-state index >= 15 is 0 Å². The summed E-state index contributed by atoms with van der Waals surface area (Å²) in [6.07, 6.45) is 8.03. The van der Waals surface area contributed by atoms with Gasteiger partial charge in [-0.1, -0.05) is 39.0 Å². The molecule has 1 aliphatic heterocycles. The smallest absolute Gasteiger partial charge is 0.231 e. The minimum atomic E-state index is 0.322. The topological polar surface area (TPSA) is 30.5 Å². The lowest BCUT2D eigenvalue weighted by molar-refractivity contribution is 0.173. The van der Waals surface area contributed by atoms with Gasteiger partial charge in [0.1, 0.15) is 0 Å². The Morgan fingerprint density at radius 3 is 2.75 bits per heavy atom. The van der Waals surface area contributed by atoms with Crippen LogP contribution in [0.1, 0.15) is 51.0 Å². The molecule has 0 radical (unpaired) electrons. The lowest BCUT2D eigenvalue weighted by Gasteiger charge is -2.07. The van der Waals surface area contributed by atoms with Crippen molar-refractivity contribution in [3.63, 3.8) is 0 Å². The van der Waals surface area contributed by atoms with E-state index in [1.807, 2.05) is 0 Å². The van der Waals surface area contributed by atoms with Crippen molar-refractivity contribution in [3.05, 3.63) is 22.2 Å². The van der Waals surface area contributed by atoms with Crippen LogP contribution in [0.4, 0.5) is 0 Å². The van der Waals surface area contributed by atoms with Crippen molar-refractivity contribution >= 4 is 15.9 Å². The summed E-state index contributed by atoms with van der Waals surface area (Å²) in [5.41, 5.74) is 1.23. The van der Waals surface area contributed by atoms with Gasteiger partial charge in [-0.2, -0.15) is 0 Å². The summed E-state index contributed by atoms with van der Waals surface area (Å²) in [5.74, 6) is 1.67. The van der Waals surface area contributed by atoms with E-state index < -0.39 is 0 Å². The molecule has 0 unspecified atom stereocenters. The third-order valence-corrected chi connectivity index (χ3v) is 4.11. The van der Waals surface area contributed by atoms with E-state index in [4.69, 9.17) is 9.47 Å². The van der Waals surface area contributed by atoms with Gasteiger partial charge in [0.15, 0.2) is 11.5 Å². The molecular weight excluding hydrogens is 318 g/mol. The second-order valence-corrected chi connectivity index (χ2v) is 6.11. The number of hydrogen-bond acceptors (Lipinski definition) is 3. The van der Waals surface area contributed by atoms with Gasteiger partial charge in [0.05, 0.1) is 4.47 Å². The Morgan fingerprint density at radius 2 is 1.90 bits per heavy atom. The van der Waals surface area contributed by atoms with E-state index in [-0.39, 0.29) is 0 Å². The first kappa shape index (κ1) is 15.6. The van der Waals surface area contributed by atoms with Crippen LogP contribution in [0.25, 0.3) is 0 Å². The Hall–Kier alpha value is -0.740. The highest BCUT2D eigenvalue weighted by Crippen LogP contribution is 2.39. The van der Waals surface area contributed by atoms with Crippen molar-refractivity contribution in [1.82, 2.24) is 5.32 Å². The maximum atomic E-state index is 5.42. The minimum absolute atomic E-state index is 0.322. The highest BCUT2D eigenvalue weighted by Gasteiger charge is 2.17. The van der Waals surface area contributed by atoms with Gasteiger partial charge in [0, 0.05) is 6.54 Å². The maximum Gasteiger partial charge on any atom is 0.231 e.